The fourth-order valence-corrected chi connectivity index (χ4v) is 3.01. The highest BCUT2D eigenvalue weighted by atomic mass is 32.2. The zero-order valence-electron chi connectivity index (χ0n) is 7.47. The monoisotopic (exact) mass is 196 g/mol. The largest absolute Gasteiger partial charge is 0.229 e. The van der Waals surface area contributed by atoms with Crippen LogP contribution in [0.2, 0.25) is 0 Å². The van der Waals surface area contributed by atoms with Gasteiger partial charge in [-0.1, -0.05) is 30.3 Å². The average Bonchev–Trinajstić information content (AvgIpc) is 2.83. The van der Waals surface area contributed by atoms with E-state index in [0.29, 0.717) is 0 Å². The van der Waals surface area contributed by atoms with Crippen LogP contribution in [0.15, 0.2) is 30.3 Å². The van der Waals surface area contributed by atoms with Crippen LogP contribution in [0.5, 0.6) is 0 Å². The van der Waals surface area contributed by atoms with Crippen molar-refractivity contribution >= 4 is 9.84 Å². The second-order valence-electron chi connectivity index (χ2n) is 3.62. The molecule has 2 nitrogen and oxygen atoms in total. The minimum absolute atomic E-state index is 0.130. The molecule has 3 heteroatoms. The van der Waals surface area contributed by atoms with E-state index in [2.05, 4.69) is 0 Å². The second-order valence-corrected chi connectivity index (χ2v) is 5.89. The number of hydrogen-bond donors (Lipinski definition) is 0. The quantitative estimate of drug-likeness (QED) is 0.719. The van der Waals surface area contributed by atoms with Gasteiger partial charge in [-0.25, -0.2) is 8.42 Å². The summed E-state index contributed by atoms with van der Waals surface area (Å²) in [6.07, 6.45) is 2.11. The molecule has 0 N–H and O–H groups in total. The van der Waals surface area contributed by atoms with Crippen LogP contribution >= 0.6 is 0 Å². The topological polar surface area (TPSA) is 34.1 Å². The smallest absolute Gasteiger partial charge is 0.150 e. The molecule has 1 aromatic carbocycles. The molecule has 1 aromatic rings. The second kappa shape index (κ2) is 2.84. The van der Waals surface area contributed by atoms with E-state index in [9.17, 15) is 8.42 Å². The zero-order valence-corrected chi connectivity index (χ0v) is 8.29. The Kier molecular flexibility index (Phi) is 1.91. The molecule has 0 aromatic heterocycles. The molecule has 1 aliphatic carbocycles. The molecular weight excluding hydrogens is 184 g/mol. The molecule has 0 saturated heterocycles. The van der Waals surface area contributed by atoms with Gasteiger partial charge in [0.25, 0.3) is 0 Å². The third kappa shape index (κ3) is 1.75. The summed E-state index contributed by atoms with van der Waals surface area (Å²) < 4.78 is 22.4. The lowest BCUT2D eigenvalue weighted by Crippen LogP contribution is -2.04. The summed E-state index contributed by atoms with van der Waals surface area (Å²) in [7, 11) is -2.83. The van der Waals surface area contributed by atoms with Crippen molar-refractivity contribution in [1.29, 1.82) is 0 Å². The summed E-state index contributed by atoms with van der Waals surface area (Å²) in [4.78, 5) is 0. The van der Waals surface area contributed by atoms with Crippen molar-refractivity contribution in [1.82, 2.24) is 0 Å². The van der Waals surface area contributed by atoms with E-state index in [1.54, 1.807) is 0 Å². The van der Waals surface area contributed by atoms with Crippen molar-refractivity contribution in [2.75, 3.05) is 6.26 Å². The lowest BCUT2D eigenvalue weighted by atomic mass is 10.1. The van der Waals surface area contributed by atoms with Gasteiger partial charge < -0.3 is 0 Å². The van der Waals surface area contributed by atoms with Gasteiger partial charge in [-0.05, 0) is 12.0 Å². The molecule has 1 aliphatic rings. The molecule has 2 rings (SSSR count). The van der Waals surface area contributed by atoms with Crippen LogP contribution < -0.4 is 0 Å². The molecule has 0 radical (unpaired) electrons. The van der Waals surface area contributed by atoms with Gasteiger partial charge in [-0.15, -0.1) is 0 Å². The molecule has 0 amide bonds. The van der Waals surface area contributed by atoms with E-state index < -0.39 is 9.84 Å². The van der Waals surface area contributed by atoms with Crippen molar-refractivity contribution in [3.63, 3.8) is 0 Å². The lowest BCUT2D eigenvalue weighted by molar-refractivity contribution is 0.600. The maximum absolute atomic E-state index is 11.2. The van der Waals surface area contributed by atoms with E-state index in [1.165, 1.54) is 6.26 Å². The van der Waals surface area contributed by atoms with Gasteiger partial charge in [0, 0.05) is 12.2 Å². The van der Waals surface area contributed by atoms with Crippen molar-refractivity contribution in [3.8, 4) is 0 Å². The van der Waals surface area contributed by atoms with Gasteiger partial charge in [0.15, 0.2) is 9.84 Å². The zero-order chi connectivity index (χ0) is 9.47. The van der Waals surface area contributed by atoms with Crippen molar-refractivity contribution < 1.29 is 8.42 Å². The predicted molar refractivity (Wildman–Crippen MR) is 52.4 cm³/mol. The Balaban J connectivity index is 2.18. The van der Waals surface area contributed by atoms with Crippen LogP contribution in [0.3, 0.4) is 0 Å². The molecular formula is C10H12O2S. The highest BCUT2D eigenvalue weighted by Gasteiger charge is 2.45. The van der Waals surface area contributed by atoms with Gasteiger partial charge in [0.1, 0.15) is 0 Å². The standard InChI is InChI=1S/C10H12O2S/c1-13(11,12)10-7-9(10)8-5-3-2-4-6-8/h2-6,9-10H,7H2,1H3. The molecule has 1 saturated carbocycles. The fourth-order valence-electron chi connectivity index (χ4n) is 1.70. The Hall–Kier alpha value is -0.830. The predicted octanol–water partition coefficient (Wildman–Crippen LogP) is 1.59. The Morgan fingerprint density at radius 1 is 1.23 bits per heavy atom. The summed E-state index contributed by atoms with van der Waals surface area (Å²) in [5, 5.41) is -0.130. The molecule has 70 valence electrons. The number of hydrogen-bond acceptors (Lipinski definition) is 2. The Morgan fingerprint density at radius 3 is 2.31 bits per heavy atom. The van der Waals surface area contributed by atoms with E-state index in [-0.39, 0.29) is 11.2 Å². The van der Waals surface area contributed by atoms with E-state index in [1.807, 2.05) is 30.3 Å². The molecule has 0 heterocycles. The molecule has 0 bridgehead atoms. The first-order valence-corrected chi connectivity index (χ1v) is 6.28. The summed E-state index contributed by atoms with van der Waals surface area (Å²) in [6.45, 7) is 0. The number of rotatable bonds is 2. The lowest BCUT2D eigenvalue weighted by Gasteiger charge is -1.97. The van der Waals surface area contributed by atoms with Gasteiger partial charge in [-0.3, -0.25) is 0 Å². The summed E-state index contributed by atoms with van der Waals surface area (Å²) in [6, 6.07) is 9.84. The number of benzene rings is 1. The Morgan fingerprint density at radius 2 is 1.85 bits per heavy atom. The highest BCUT2D eigenvalue weighted by molar-refractivity contribution is 7.91. The van der Waals surface area contributed by atoms with Crippen LogP contribution in [-0.4, -0.2) is 19.9 Å². The maximum Gasteiger partial charge on any atom is 0.150 e. The first-order valence-electron chi connectivity index (χ1n) is 4.33. The van der Waals surface area contributed by atoms with Crippen LogP contribution in [0, 0.1) is 0 Å². The van der Waals surface area contributed by atoms with Crippen LogP contribution in [-0.2, 0) is 9.84 Å². The van der Waals surface area contributed by atoms with Crippen molar-refractivity contribution in [3.05, 3.63) is 35.9 Å². The summed E-state index contributed by atoms with van der Waals surface area (Å²) in [5.74, 6) is 0.246. The minimum atomic E-state index is -2.83. The first-order chi connectivity index (χ1) is 6.09. The SMILES string of the molecule is CS(=O)(=O)C1CC1c1ccccc1. The third-order valence-corrected chi connectivity index (χ3v) is 4.13. The van der Waals surface area contributed by atoms with Gasteiger partial charge in [-0.2, -0.15) is 0 Å². The fraction of sp³-hybridized carbons (Fsp3) is 0.400. The molecule has 13 heavy (non-hydrogen) atoms. The molecule has 0 aliphatic heterocycles. The van der Waals surface area contributed by atoms with Crippen LogP contribution in [0.4, 0.5) is 0 Å². The van der Waals surface area contributed by atoms with Crippen molar-refractivity contribution in [2.24, 2.45) is 0 Å². The van der Waals surface area contributed by atoms with Gasteiger partial charge >= 0.3 is 0 Å². The average molecular weight is 196 g/mol. The highest BCUT2D eigenvalue weighted by Crippen LogP contribution is 2.45. The summed E-state index contributed by atoms with van der Waals surface area (Å²) >= 11 is 0. The minimum Gasteiger partial charge on any atom is -0.229 e. The molecule has 0 spiro atoms. The van der Waals surface area contributed by atoms with E-state index in [4.69, 9.17) is 0 Å². The van der Waals surface area contributed by atoms with Crippen LogP contribution in [0.25, 0.3) is 0 Å². The van der Waals surface area contributed by atoms with Crippen LogP contribution in [0.1, 0.15) is 17.9 Å². The van der Waals surface area contributed by atoms with Gasteiger partial charge in [0.2, 0.25) is 0 Å². The summed E-state index contributed by atoms with van der Waals surface area (Å²) in [5.41, 5.74) is 1.15. The maximum atomic E-state index is 11.2. The van der Waals surface area contributed by atoms with E-state index in [0.717, 1.165) is 12.0 Å². The Labute approximate surface area is 78.5 Å². The third-order valence-electron chi connectivity index (χ3n) is 2.51. The normalized spacial score (nSPS) is 27.2. The van der Waals surface area contributed by atoms with E-state index >= 15 is 0 Å². The Bertz CT molecular complexity index is 394. The van der Waals surface area contributed by atoms with Crippen molar-refractivity contribution in [2.45, 2.75) is 17.6 Å². The van der Waals surface area contributed by atoms with Gasteiger partial charge in [0.05, 0.1) is 5.25 Å². The molecule has 1 fully saturated rings. The number of sulfone groups is 1. The first kappa shape index (κ1) is 8.75. The molecule has 2 unspecified atom stereocenters. The molecule has 2 atom stereocenters.